The molecular formula is C23H20ClN5O3S. The van der Waals surface area contributed by atoms with Gasteiger partial charge in [0.05, 0.1) is 33.2 Å². The standard InChI is InChI=1S/C23H20ClN5O3S/c1-15-12-16(2)29(27-15)22-11-10-18(14-25-22)26-23(30)17-6-5-7-19(13-17)33(31,32)28-21-9-4-3-8-20(21)24/h3-14,28H,1-2H3,(H,26,30). The Morgan fingerprint density at radius 3 is 2.45 bits per heavy atom. The van der Waals surface area contributed by atoms with Crippen LogP contribution in [0.1, 0.15) is 21.7 Å². The molecule has 0 spiro atoms. The molecule has 0 aliphatic heterocycles. The molecule has 0 aliphatic carbocycles. The lowest BCUT2D eigenvalue weighted by Gasteiger charge is -2.11. The van der Waals surface area contributed by atoms with Gasteiger partial charge in [-0.3, -0.25) is 9.52 Å². The Kier molecular flexibility index (Phi) is 6.17. The minimum Gasteiger partial charge on any atom is -0.321 e. The van der Waals surface area contributed by atoms with Crippen LogP contribution in [0, 0.1) is 13.8 Å². The first kappa shape index (κ1) is 22.5. The van der Waals surface area contributed by atoms with E-state index < -0.39 is 15.9 Å². The molecule has 4 rings (SSSR count). The molecule has 168 valence electrons. The fourth-order valence-electron chi connectivity index (χ4n) is 3.20. The Balaban J connectivity index is 1.51. The van der Waals surface area contributed by atoms with Crippen LogP contribution in [0.25, 0.3) is 5.82 Å². The monoisotopic (exact) mass is 481 g/mol. The van der Waals surface area contributed by atoms with E-state index in [1.54, 1.807) is 41.1 Å². The number of para-hydroxylation sites is 1. The Morgan fingerprint density at radius 2 is 1.79 bits per heavy atom. The van der Waals surface area contributed by atoms with Crippen molar-refractivity contribution in [2.75, 3.05) is 10.0 Å². The van der Waals surface area contributed by atoms with E-state index in [2.05, 4.69) is 20.1 Å². The number of hydrogen-bond donors (Lipinski definition) is 2. The van der Waals surface area contributed by atoms with Crippen molar-refractivity contribution < 1.29 is 13.2 Å². The van der Waals surface area contributed by atoms with Crippen LogP contribution in [0.2, 0.25) is 5.02 Å². The number of nitrogens with one attached hydrogen (secondary N) is 2. The molecule has 0 radical (unpaired) electrons. The summed E-state index contributed by atoms with van der Waals surface area (Å²) in [5, 5.41) is 7.38. The van der Waals surface area contributed by atoms with Gasteiger partial charge >= 0.3 is 0 Å². The highest BCUT2D eigenvalue weighted by molar-refractivity contribution is 7.92. The van der Waals surface area contributed by atoms with Gasteiger partial charge in [0, 0.05) is 11.3 Å². The summed E-state index contributed by atoms with van der Waals surface area (Å²) in [4.78, 5) is 17.0. The van der Waals surface area contributed by atoms with E-state index in [-0.39, 0.29) is 21.2 Å². The number of anilines is 2. The summed E-state index contributed by atoms with van der Waals surface area (Å²) in [5.41, 5.74) is 2.72. The van der Waals surface area contributed by atoms with Gasteiger partial charge < -0.3 is 5.32 Å². The van der Waals surface area contributed by atoms with Gasteiger partial charge in [-0.1, -0.05) is 29.8 Å². The van der Waals surface area contributed by atoms with Crippen molar-refractivity contribution in [3.05, 3.63) is 94.9 Å². The van der Waals surface area contributed by atoms with Crippen LogP contribution in [0.4, 0.5) is 11.4 Å². The van der Waals surface area contributed by atoms with Crippen LogP contribution in [0.3, 0.4) is 0 Å². The van der Waals surface area contributed by atoms with Gasteiger partial charge in [-0.25, -0.2) is 18.1 Å². The summed E-state index contributed by atoms with van der Waals surface area (Å²) in [6.07, 6.45) is 1.52. The molecule has 1 amide bonds. The Hall–Kier alpha value is -3.69. The summed E-state index contributed by atoms with van der Waals surface area (Å²) in [7, 11) is -3.94. The van der Waals surface area contributed by atoms with Crippen molar-refractivity contribution in [2.24, 2.45) is 0 Å². The molecule has 0 saturated heterocycles. The van der Waals surface area contributed by atoms with Crippen molar-refractivity contribution in [3.63, 3.8) is 0 Å². The molecule has 8 nitrogen and oxygen atoms in total. The number of nitrogens with zero attached hydrogens (tertiary/aromatic N) is 3. The van der Waals surface area contributed by atoms with E-state index in [9.17, 15) is 13.2 Å². The number of pyridine rings is 1. The Morgan fingerprint density at radius 1 is 1.00 bits per heavy atom. The smallest absolute Gasteiger partial charge is 0.261 e. The topological polar surface area (TPSA) is 106 Å². The van der Waals surface area contributed by atoms with Crippen LogP contribution in [-0.2, 0) is 10.0 Å². The van der Waals surface area contributed by atoms with Crippen LogP contribution in [-0.4, -0.2) is 29.1 Å². The molecular weight excluding hydrogens is 462 g/mol. The summed E-state index contributed by atoms with van der Waals surface area (Å²) < 4.78 is 29.7. The number of benzene rings is 2. The van der Waals surface area contributed by atoms with Gasteiger partial charge in [-0.15, -0.1) is 0 Å². The average Bonchev–Trinajstić information content (AvgIpc) is 3.13. The van der Waals surface area contributed by atoms with E-state index in [0.717, 1.165) is 11.4 Å². The van der Waals surface area contributed by atoms with E-state index in [1.807, 2.05) is 19.9 Å². The van der Waals surface area contributed by atoms with Crippen molar-refractivity contribution in [3.8, 4) is 5.82 Å². The fourth-order valence-corrected chi connectivity index (χ4v) is 4.57. The van der Waals surface area contributed by atoms with E-state index in [0.29, 0.717) is 11.5 Å². The maximum absolute atomic E-state index is 12.8. The van der Waals surface area contributed by atoms with Crippen LogP contribution < -0.4 is 10.0 Å². The third-order valence-corrected chi connectivity index (χ3v) is 6.45. The average molecular weight is 482 g/mol. The third kappa shape index (κ3) is 5.05. The molecule has 4 aromatic rings. The Bertz CT molecular complexity index is 1430. The number of hydrogen-bond acceptors (Lipinski definition) is 5. The van der Waals surface area contributed by atoms with Gasteiger partial charge in [0.25, 0.3) is 15.9 Å². The first-order chi connectivity index (χ1) is 15.7. The second kappa shape index (κ2) is 9.05. The second-order valence-electron chi connectivity index (χ2n) is 7.31. The lowest BCUT2D eigenvalue weighted by atomic mass is 10.2. The molecule has 2 heterocycles. The largest absolute Gasteiger partial charge is 0.321 e. The fraction of sp³-hybridized carbons (Fsp3) is 0.0870. The molecule has 0 aliphatic rings. The van der Waals surface area contributed by atoms with Gasteiger partial charge in [-0.2, -0.15) is 5.10 Å². The first-order valence-corrected chi connectivity index (χ1v) is 11.8. The number of aromatic nitrogens is 3. The maximum atomic E-state index is 12.8. The summed E-state index contributed by atoms with van der Waals surface area (Å²) in [6.45, 7) is 3.83. The van der Waals surface area contributed by atoms with Gasteiger partial charge in [0.1, 0.15) is 0 Å². The van der Waals surface area contributed by atoms with Crippen molar-refractivity contribution in [1.29, 1.82) is 0 Å². The summed E-state index contributed by atoms with van der Waals surface area (Å²) in [6, 6.07) is 17.6. The SMILES string of the molecule is Cc1cc(C)n(-c2ccc(NC(=O)c3cccc(S(=O)(=O)Nc4ccccc4Cl)c3)cn2)n1. The highest BCUT2D eigenvalue weighted by Gasteiger charge is 2.18. The molecule has 0 atom stereocenters. The molecule has 10 heteroatoms. The zero-order chi connectivity index (χ0) is 23.6. The zero-order valence-electron chi connectivity index (χ0n) is 17.8. The summed E-state index contributed by atoms with van der Waals surface area (Å²) in [5.74, 6) is 0.155. The minimum absolute atomic E-state index is 0.0620. The Labute approximate surface area is 196 Å². The van der Waals surface area contributed by atoms with Crippen LogP contribution in [0.15, 0.2) is 77.8 Å². The quantitative estimate of drug-likeness (QED) is 0.419. The predicted octanol–water partition coefficient (Wildman–Crippen LogP) is 4.59. The highest BCUT2D eigenvalue weighted by atomic mass is 35.5. The van der Waals surface area contributed by atoms with Crippen LogP contribution in [0.5, 0.6) is 0 Å². The number of sulfonamides is 1. The molecule has 33 heavy (non-hydrogen) atoms. The van der Waals surface area contributed by atoms with Crippen molar-refractivity contribution in [2.45, 2.75) is 18.7 Å². The molecule has 0 unspecified atom stereocenters. The molecule has 2 aromatic carbocycles. The van der Waals surface area contributed by atoms with E-state index in [4.69, 9.17) is 11.6 Å². The lowest BCUT2D eigenvalue weighted by molar-refractivity contribution is 0.102. The predicted molar refractivity (Wildman–Crippen MR) is 127 cm³/mol. The number of carbonyl (C=O) groups is 1. The summed E-state index contributed by atoms with van der Waals surface area (Å²) >= 11 is 6.05. The number of rotatable bonds is 6. The number of halogens is 1. The van der Waals surface area contributed by atoms with Crippen molar-refractivity contribution >= 4 is 38.9 Å². The molecule has 0 saturated carbocycles. The number of carbonyl (C=O) groups excluding carboxylic acids is 1. The molecule has 2 aromatic heterocycles. The van der Waals surface area contributed by atoms with E-state index in [1.165, 1.54) is 30.5 Å². The zero-order valence-corrected chi connectivity index (χ0v) is 19.4. The number of aryl methyl sites for hydroxylation is 2. The molecule has 2 N–H and O–H groups in total. The first-order valence-electron chi connectivity index (χ1n) is 9.91. The van der Waals surface area contributed by atoms with E-state index >= 15 is 0 Å². The lowest BCUT2D eigenvalue weighted by Crippen LogP contribution is -2.16. The number of amides is 1. The van der Waals surface area contributed by atoms with Gasteiger partial charge in [-0.05, 0) is 62.4 Å². The van der Waals surface area contributed by atoms with Gasteiger partial charge in [0.15, 0.2) is 5.82 Å². The van der Waals surface area contributed by atoms with Crippen LogP contribution >= 0.6 is 11.6 Å². The van der Waals surface area contributed by atoms with Gasteiger partial charge in [0.2, 0.25) is 0 Å². The molecule has 0 fully saturated rings. The molecule has 0 bridgehead atoms. The highest BCUT2D eigenvalue weighted by Crippen LogP contribution is 2.24. The third-order valence-electron chi connectivity index (χ3n) is 4.76. The normalized spacial score (nSPS) is 11.2. The minimum atomic E-state index is -3.94. The second-order valence-corrected chi connectivity index (χ2v) is 9.40. The maximum Gasteiger partial charge on any atom is 0.261 e. The van der Waals surface area contributed by atoms with Crippen molar-refractivity contribution in [1.82, 2.24) is 14.8 Å².